The highest BCUT2D eigenvalue weighted by Gasteiger charge is 2.09. The van der Waals surface area contributed by atoms with Gasteiger partial charge in [-0.3, -0.25) is 4.79 Å². The Kier molecular flexibility index (Phi) is 5.87. The highest BCUT2D eigenvalue weighted by molar-refractivity contribution is 5.82. The minimum absolute atomic E-state index is 0.0305. The van der Waals surface area contributed by atoms with Crippen molar-refractivity contribution in [2.45, 2.75) is 0 Å². The topological polar surface area (TPSA) is 85.6 Å². The number of anilines is 2. The summed E-state index contributed by atoms with van der Waals surface area (Å²) in [5.41, 5.74) is 6.30. The van der Waals surface area contributed by atoms with Gasteiger partial charge in [0.25, 0.3) is 0 Å². The number of ether oxygens (including phenoxy) is 2. The zero-order valence-corrected chi connectivity index (χ0v) is 11.0. The lowest BCUT2D eigenvalue weighted by molar-refractivity contribution is -0.119. The number of halogens is 1. The predicted octanol–water partition coefficient (Wildman–Crippen LogP) is 0.591. The highest BCUT2D eigenvalue weighted by atomic mass is 19.1. The van der Waals surface area contributed by atoms with E-state index in [1.165, 1.54) is 13.2 Å². The maximum absolute atomic E-state index is 13.3. The van der Waals surface area contributed by atoms with Gasteiger partial charge in [0.2, 0.25) is 5.91 Å². The molecule has 0 spiro atoms. The maximum atomic E-state index is 13.3. The fourth-order valence-corrected chi connectivity index (χ4v) is 1.41. The average Bonchev–Trinajstić information content (AvgIpc) is 2.38. The SMILES string of the molecule is COCCNC(=O)CNc1cc(OC)c(F)cc1N. The summed E-state index contributed by atoms with van der Waals surface area (Å²) in [7, 11) is 2.91. The molecule has 0 aliphatic carbocycles. The van der Waals surface area contributed by atoms with Crippen LogP contribution in [0.4, 0.5) is 15.8 Å². The van der Waals surface area contributed by atoms with E-state index in [-0.39, 0.29) is 23.9 Å². The van der Waals surface area contributed by atoms with Gasteiger partial charge in [-0.2, -0.15) is 0 Å². The second kappa shape index (κ2) is 7.42. The second-order valence-electron chi connectivity index (χ2n) is 3.77. The van der Waals surface area contributed by atoms with E-state index in [1.54, 1.807) is 7.11 Å². The number of nitrogen functional groups attached to an aromatic ring is 1. The lowest BCUT2D eigenvalue weighted by Crippen LogP contribution is -2.32. The lowest BCUT2D eigenvalue weighted by Gasteiger charge is -2.11. The molecule has 6 nitrogen and oxygen atoms in total. The monoisotopic (exact) mass is 271 g/mol. The zero-order valence-electron chi connectivity index (χ0n) is 11.0. The van der Waals surface area contributed by atoms with Gasteiger partial charge in [-0.25, -0.2) is 4.39 Å². The Balaban J connectivity index is 2.55. The third-order valence-electron chi connectivity index (χ3n) is 2.39. The Labute approximate surface area is 111 Å². The first kappa shape index (κ1) is 15.0. The summed E-state index contributed by atoms with van der Waals surface area (Å²) in [6, 6.07) is 2.55. The van der Waals surface area contributed by atoms with Crippen molar-refractivity contribution in [3.8, 4) is 5.75 Å². The molecule has 1 aromatic carbocycles. The smallest absolute Gasteiger partial charge is 0.239 e. The molecular weight excluding hydrogens is 253 g/mol. The van der Waals surface area contributed by atoms with E-state index in [2.05, 4.69) is 10.6 Å². The molecule has 0 fully saturated rings. The number of methoxy groups -OCH3 is 2. The van der Waals surface area contributed by atoms with Crippen molar-refractivity contribution in [1.29, 1.82) is 0 Å². The first-order valence-corrected chi connectivity index (χ1v) is 5.71. The Morgan fingerprint density at radius 3 is 2.79 bits per heavy atom. The normalized spacial score (nSPS) is 10.1. The van der Waals surface area contributed by atoms with Gasteiger partial charge in [-0.15, -0.1) is 0 Å². The number of nitrogens with one attached hydrogen (secondary N) is 2. The molecule has 0 aliphatic rings. The predicted molar refractivity (Wildman–Crippen MR) is 70.7 cm³/mol. The fraction of sp³-hybridized carbons (Fsp3) is 0.417. The van der Waals surface area contributed by atoms with Gasteiger partial charge in [0, 0.05) is 25.8 Å². The van der Waals surface area contributed by atoms with Crippen LogP contribution in [0.1, 0.15) is 0 Å². The van der Waals surface area contributed by atoms with Crippen molar-refractivity contribution in [3.63, 3.8) is 0 Å². The Hall–Kier alpha value is -2.02. The molecule has 0 radical (unpaired) electrons. The summed E-state index contributed by atoms with van der Waals surface area (Å²) in [5, 5.41) is 5.46. The molecule has 19 heavy (non-hydrogen) atoms. The van der Waals surface area contributed by atoms with E-state index in [1.807, 2.05) is 0 Å². The zero-order chi connectivity index (χ0) is 14.3. The van der Waals surface area contributed by atoms with Crippen LogP contribution < -0.4 is 21.1 Å². The van der Waals surface area contributed by atoms with Crippen LogP contribution in [0.5, 0.6) is 5.75 Å². The molecule has 0 aliphatic heterocycles. The van der Waals surface area contributed by atoms with Crippen molar-refractivity contribution in [2.75, 3.05) is 45.0 Å². The van der Waals surface area contributed by atoms with Crippen LogP contribution in [-0.2, 0) is 9.53 Å². The number of nitrogens with two attached hydrogens (primary N) is 1. The van der Waals surface area contributed by atoms with Crippen LogP contribution in [0.3, 0.4) is 0 Å². The first-order valence-electron chi connectivity index (χ1n) is 5.71. The van der Waals surface area contributed by atoms with Crippen molar-refractivity contribution >= 4 is 17.3 Å². The molecule has 0 saturated carbocycles. The van der Waals surface area contributed by atoms with Crippen molar-refractivity contribution < 1.29 is 18.7 Å². The third kappa shape index (κ3) is 4.63. The van der Waals surface area contributed by atoms with Crippen LogP contribution in [-0.4, -0.2) is 39.8 Å². The quantitative estimate of drug-likeness (QED) is 0.499. The Bertz CT molecular complexity index is 440. The average molecular weight is 271 g/mol. The first-order chi connectivity index (χ1) is 9.08. The highest BCUT2D eigenvalue weighted by Crippen LogP contribution is 2.27. The van der Waals surface area contributed by atoms with Gasteiger partial charge in [0.1, 0.15) is 0 Å². The van der Waals surface area contributed by atoms with Crippen LogP contribution in [0.2, 0.25) is 0 Å². The van der Waals surface area contributed by atoms with Gasteiger partial charge in [-0.05, 0) is 0 Å². The summed E-state index contributed by atoms with van der Waals surface area (Å²) < 4.78 is 23.0. The molecule has 1 amide bonds. The van der Waals surface area contributed by atoms with Gasteiger partial charge >= 0.3 is 0 Å². The van der Waals surface area contributed by atoms with Crippen LogP contribution in [0.25, 0.3) is 0 Å². The summed E-state index contributed by atoms with van der Waals surface area (Å²) >= 11 is 0. The molecule has 0 unspecified atom stereocenters. The van der Waals surface area contributed by atoms with E-state index in [4.69, 9.17) is 15.2 Å². The van der Waals surface area contributed by atoms with Gasteiger partial charge in [0.15, 0.2) is 11.6 Å². The molecule has 0 bridgehead atoms. The fourth-order valence-electron chi connectivity index (χ4n) is 1.41. The number of carbonyl (C=O) groups is 1. The standard InChI is InChI=1S/C12H18FN3O3/c1-18-4-3-15-12(17)7-16-10-6-11(19-2)8(13)5-9(10)14/h5-6,16H,3-4,7,14H2,1-2H3,(H,15,17). The molecule has 1 rings (SSSR count). The van der Waals surface area contributed by atoms with Crippen LogP contribution in [0, 0.1) is 5.82 Å². The largest absolute Gasteiger partial charge is 0.494 e. The molecule has 0 saturated heterocycles. The summed E-state index contributed by atoms with van der Waals surface area (Å²) in [5.74, 6) is -0.689. The van der Waals surface area contributed by atoms with E-state index in [0.29, 0.717) is 18.8 Å². The molecule has 0 heterocycles. The van der Waals surface area contributed by atoms with Crippen molar-refractivity contribution in [2.24, 2.45) is 0 Å². The third-order valence-corrected chi connectivity index (χ3v) is 2.39. The van der Waals surface area contributed by atoms with E-state index >= 15 is 0 Å². The number of benzene rings is 1. The number of rotatable bonds is 7. The minimum atomic E-state index is -0.546. The molecule has 7 heteroatoms. The van der Waals surface area contributed by atoms with Crippen LogP contribution in [0.15, 0.2) is 12.1 Å². The van der Waals surface area contributed by atoms with Gasteiger partial charge in [-0.1, -0.05) is 0 Å². The van der Waals surface area contributed by atoms with Crippen molar-refractivity contribution in [3.05, 3.63) is 17.9 Å². The summed E-state index contributed by atoms with van der Waals surface area (Å²) in [4.78, 5) is 11.4. The molecular formula is C12H18FN3O3. The number of carbonyl (C=O) groups excluding carboxylic acids is 1. The molecule has 106 valence electrons. The van der Waals surface area contributed by atoms with E-state index in [0.717, 1.165) is 6.07 Å². The number of amides is 1. The number of hydrogen-bond donors (Lipinski definition) is 3. The van der Waals surface area contributed by atoms with E-state index in [9.17, 15) is 9.18 Å². The lowest BCUT2D eigenvalue weighted by atomic mass is 10.2. The van der Waals surface area contributed by atoms with Gasteiger partial charge in [0.05, 0.1) is 31.6 Å². The van der Waals surface area contributed by atoms with Crippen LogP contribution >= 0.6 is 0 Å². The number of hydrogen-bond acceptors (Lipinski definition) is 5. The molecule has 4 N–H and O–H groups in total. The Morgan fingerprint density at radius 2 is 2.16 bits per heavy atom. The Morgan fingerprint density at radius 1 is 1.42 bits per heavy atom. The molecule has 1 aromatic rings. The van der Waals surface area contributed by atoms with Gasteiger partial charge < -0.3 is 25.8 Å². The van der Waals surface area contributed by atoms with E-state index < -0.39 is 5.82 Å². The second-order valence-corrected chi connectivity index (χ2v) is 3.77. The van der Waals surface area contributed by atoms with Crippen molar-refractivity contribution in [1.82, 2.24) is 5.32 Å². The minimum Gasteiger partial charge on any atom is -0.494 e. The maximum Gasteiger partial charge on any atom is 0.239 e. The molecule has 0 atom stereocenters. The summed E-state index contributed by atoms with van der Waals surface area (Å²) in [6.07, 6.45) is 0. The summed E-state index contributed by atoms with van der Waals surface area (Å²) in [6.45, 7) is 0.903. The molecule has 0 aromatic heterocycles.